The van der Waals surface area contributed by atoms with Crippen LogP contribution in [0.5, 0.6) is 11.5 Å². The Labute approximate surface area is 154 Å². The number of amides is 2. The van der Waals surface area contributed by atoms with Crippen LogP contribution in [0.15, 0.2) is 54.9 Å². The van der Waals surface area contributed by atoms with Crippen LogP contribution in [0.25, 0.3) is 11.3 Å². The van der Waals surface area contributed by atoms with E-state index in [0.29, 0.717) is 28.6 Å². The maximum Gasteiger partial charge on any atom is 0.319 e. The predicted molar refractivity (Wildman–Crippen MR) is 95.8 cm³/mol. The fourth-order valence-electron chi connectivity index (χ4n) is 2.59. The molecular weight excluding hydrogens is 351 g/mol. The first-order valence-electron chi connectivity index (χ1n) is 8.19. The molecule has 8 heteroatoms. The molecule has 1 aliphatic heterocycles. The molecule has 2 N–H and O–H groups in total. The van der Waals surface area contributed by atoms with Crippen LogP contribution < -0.4 is 20.1 Å². The molecular formula is C19H15FN4O3. The fraction of sp³-hybridized carbons (Fsp3) is 0.105. The Hall–Kier alpha value is -3.68. The fourth-order valence-corrected chi connectivity index (χ4v) is 2.59. The number of carbonyl (C=O) groups excluding carboxylic acids is 1. The topological polar surface area (TPSA) is 85.4 Å². The van der Waals surface area contributed by atoms with Crippen LogP contribution in [-0.2, 0) is 6.54 Å². The quantitative estimate of drug-likeness (QED) is 0.740. The molecule has 0 spiro atoms. The summed E-state index contributed by atoms with van der Waals surface area (Å²) in [7, 11) is 0. The lowest BCUT2D eigenvalue weighted by Crippen LogP contribution is -2.28. The normalized spacial score (nSPS) is 11.9. The van der Waals surface area contributed by atoms with Crippen LogP contribution in [0.2, 0.25) is 0 Å². The SMILES string of the molecule is O=C(NCc1cc(-c2ccc(F)cc2)ncn1)Nc1ccc2c(c1)OCO2. The lowest BCUT2D eigenvalue weighted by atomic mass is 10.1. The van der Waals surface area contributed by atoms with E-state index in [0.717, 1.165) is 5.56 Å². The molecule has 4 rings (SSSR count). The summed E-state index contributed by atoms with van der Waals surface area (Å²) >= 11 is 0. The highest BCUT2D eigenvalue weighted by molar-refractivity contribution is 5.89. The largest absolute Gasteiger partial charge is 0.454 e. The first-order valence-corrected chi connectivity index (χ1v) is 8.19. The summed E-state index contributed by atoms with van der Waals surface area (Å²) in [6.45, 7) is 0.391. The lowest BCUT2D eigenvalue weighted by Gasteiger charge is -2.09. The zero-order chi connectivity index (χ0) is 18.6. The van der Waals surface area contributed by atoms with Gasteiger partial charge >= 0.3 is 6.03 Å². The Morgan fingerprint density at radius 1 is 1.04 bits per heavy atom. The van der Waals surface area contributed by atoms with Crippen molar-refractivity contribution in [1.29, 1.82) is 0 Å². The number of hydrogen-bond donors (Lipinski definition) is 2. The minimum Gasteiger partial charge on any atom is -0.454 e. The lowest BCUT2D eigenvalue weighted by molar-refractivity contribution is 0.174. The Kier molecular flexibility index (Phi) is 4.52. The molecule has 0 bridgehead atoms. The van der Waals surface area contributed by atoms with E-state index in [-0.39, 0.29) is 25.2 Å². The highest BCUT2D eigenvalue weighted by Gasteiger charge is 2.14. The van der Waals surface area contributed by atoms with Crippen LogP contribution in [0.3, 0.4) is 0 Å². The number of rotatable bonds is 4. The van der Waals surface area contributed by atoms with Gasteiger partial charge in [0.05, 0.1) is 17.9 Å². The number of carbonyl (C=O) groups is 1. The van der Waals surface area contributed by atoms with E-state index in [2.05, 4.69) is 20.6 Å². The third-order valence-corrected chi connectivity index (χ3v) is 3.92. The van der Waals surface area contributed by atoms with Crippen LogP contribution in [0.1, 0.15) is 5.69 Å². The van der Waals surface area contributed by atoms with Crippen LogP contribution in [0.4, 0.5) is 14.9 Å². The minimum absolute atomic E-state index is 0.176. The first kappa shape index (κ1) is 16.8. The second kappa shape index (κ2) is 7.28. The van der Waals surface area contributed by atoms with Gasteiger partial charge in [0.25, 0.3) is 0 Å². The van der Waals surface area contributed by atoms with Crippen molar-refractivity contribution in [2.24, 2.45) is 0 Å². The number of halogens is 1. The third kappa shape index (κ3) is 3.95. The highest BCUT2D eigenvalue weighted by atomic mass is 19.1. The molecule has 0 unspecified atom stereocenters. The van der Waals surface area contributed by atoms with Crippen molar-refractivity contribution in [2.75, 3.05) is 12.1 Å². The Morgan fingerprint density at radius 3 is 2.70 bits per heavy atom. The van der Waals surface area contributed by atoms with Gasteiger partial charge in [-0.15, -0.1) is 0 Å². The molecule has 0 saturated heterocycles. The standard InChI is InChI=1S/C19H15FN4O3/c20-13-3-1-12(2-4-13)16-7-15(22-10-23-16)9-21-19(25)24-14-5-6-17-18(8-14)27-11-26-17/h1-8,10H,9,11H2,(H2,21,24,25). The smallest absolute Gasteiger partial charge is 0.319 e. The molecule has 2 aromatic carbocycles. The predicted octanol–water partition coefficient (Wildman–Crippen LogP) is 3.33. The zero-order valence-corrected chi connectivity index (χ0v) is 14.1. The molecule has 0 fully saturated rings. The Morgan fingerprint density at radius 2 is 1.85 bits per heavy atom. The molecule has 7 nitrogen and oxygen atoms in total. The van der Waals surface area contributed by atoms with E-state index in [1.807, 2.05) is 0 Å². The monoisotopic (exact) mass is 366 g/mol. The second-order valence-corrected chi connectivity index (χ2v) is 5.78. The van der Waals surface area contributed by atoms with E-state index in [9.17, 15) is 9.18 Å². The average Bonchev–Trinajstić information content (AvgIpc) is 3.15. The van der Waals surface area contributed by atoms with Gasteiger partial charge in [0, 0.05) is 17.3 Å². The summed E-state index contributed by atoms with van der Waals surface area (Å²) in [5.41, 5.74) is 2.64. The van der Waals surface area contributed by atoms with E-state index in [1.54, 1.807) is 36.4 Å². The van der Waals surface area contributed by atoms with Crippen molar-refractivity contribution in [1.82, 2.24) is 15.3 Å². The van der Waals surface area contributed by atoms with Crippen molar-refractivity contribution >= 4 is 11.7 Å². The number of nitrogens with zero attached hydrogens (tertiary/aromatic N) is 2. The molecule has 3 aromatic rings. The number of aromatic nitrogens is 2. The summed E-state index contributed by atoms with van der Waals surface area (Å²) in [5.74, 6) is 0.928. The van der Waals surface area contributed by atoms with Crippen molar-refractivity contribution in [3.63, 3.8) is 0 Å². The number of fused-ring (bicyclic) bond motifs is 1. The van der Waals surface area contributed by atoms with Crippen LogP contribution in [0, 0.1) is 5.82 Å². The summed E-state index contributed by atoms with van der Waals surface area (Å²) < 4.78 is 23.6. The van der Waals surface area contributed by atoms with E-state index in [1.165, 1.54) is 18.5 Å². The van der Waals surface area contributed by atoms with Gasteiger partial charge in [-0.3, -0.25) is 0 Å². The number of anilines is 1. The average molecular weight is 366 g/mol. The number of benzene rings is 2. The molecule has 1 aliphatic rings. The summed E-state index contributed by atoms with van der Waals surface area (Å²) in [6.07, 6.45) is 1.41. The van der Waals surface area contributed by atoms with E-state index >= 15 is 0 Å². The maximum atomic E-state index is 13.0. The molecule has 2 amide bonds. The zero-order valence-electron chi connectivity index (χ0n) is 14.1. The van der Waals surface area contributed by atoms with E-state index in [4.69, 9.17) is 9.47 Å². The summed E-state index contributed by atoms with van der Waals surface area (Å²) in [5, 5.41) is 5.45. The third-order valence-electron chi connectivity index (χ3n) is 3.92. The highest BCUT2D eigenvalue weighted by Crippen LogP contribution is 2.34. The van der Waals surface area contributed by atoms with Crippen LogP contribution >= 0.6 is 0 Å². The molecule has 0 radical (unpaired) electrons. The van der Waals surface area contributed by atoms with Gasteiger partial charge in [0.1, 0.15) is 12.1 Å². The molecule has 2 heterocycles. The molecule has 136 valence electrons. The van der Waals surface area contributed by atoms with Crippen molar-refractivity contribution in [3.8, 4) is 22.8 Å². The van der Waals surface area contributed by atoms with Gasteiger partial charge in [0.15, 0.2) is 11.5 Å². The molecule has 27 heavy (non-hydrogen) atoms. The Bertz CT molecular complexity index is 979. The summed E-state index contributed by atoms with van der Waals surface area (Å²) in [6, 6.07) is 12.5. The van der Waals surface area contributed by atoms with Crippen LogP contribution in [-0.4, -0.2) is 22.8 Å². The second-order valence-electron chi connectivity index (χ2n) is 5.78. The minimum atomic E-state index is -0.379. The van der Waals surface area contributed by atoms with Crippen molar-refractivity contribution in [2.45, 2.75) is 6.54 Å². The van der Waals surface area contributed by atoms with Gasteiger partial charge in [-0.25, -0.2) is 19.2 Å². The van der Waals surface area contributed by atoms with Gasteiger partial charge < -0.3 is 20.1 Å². The van der Waals surface area contributed by atoms with Gasteiger partial charge in [-0.1, -0.05) is 0 Å². The van der Waals surface area contributed by atoms with Gasteiger partial charge in [0.2, 0.25) is 6.79 Å². The van der Waals surface area contributed by atoms with E-state index < -0.39 is 0 Å². The summed E-state index contributed by atoms with van der Waals surface area (Å²) in [4.78, 5) is 20.4. The molecule has 0 atom stereocenters. The first-order chi connectivity index (χ1) is 13.2. The molecule has 0 saturated carbocycles. The Balaban J connectivity index is 1.37. The maximum absolute atomic E-state index is 13.0. The molecule has 0 aliphatic carbocycles. The number of urea groups is 1. The van der Waals surface area contributed by atoms with Gasteiger partial charge in [-0.2, -0.15) is 0 Å². The number of hydrogen-bond acceptors (Lipinski definition) is 5. The molecule has 1 aromatic heterocycles. The van der Waals surface area contributed by atoms with Crippen molar-refractivity contribution < 1.29 is 18.7 Å². The van der Waals surface area contributed by atoms with Gasteiger partial charge in [-0.05, 0) is 42.5 Å². The number of nitrogens with one attached hydrogen (secondary N) is 2. The number of ether oxygens (including phenoxy) is 2. The van der Waals surface area contributed by atoms with Crippen molar-refractivity contribution in [3.05, 3.63) is 66.4 Å².